The molecule has 0 bridgehead atoms. The molecule has 0 fully saturated rings. The SMILES string of the molecule is COc1ccc(-n2c(=O)[nH]c3c(C(N)=O)nc(-c4ccc(C)o4)nc32)cc1OC. The lowest BCUT2D eigenvalue weighted by Crippen LogP contribution is -2.15. The molecule has 0 radical (unpaired) electrons. The number of hydrogen-bond donors (Lipinski definition) is 2. The largest absolute Gasteiger partial charge is 0.493 e. The Kier molecular flexibility index (Phi) is 4.30. The van der Waals surface area contributed by atoms with Crippen LogP contribution in [0.1, 0.15) is 16.2 Å². The van der Waals surface area contributed by atoms with Crippen LogP contribution < -0.4 is 20.9 Å². The summed E-state index contributed by atoms with van der Waals surface area (Å²) in [6, 6.07) is 8.36. The summed E-state index contributed by atoms with van der Waals surface area (Å²) in [5.41, 5.74) is 5.61. The number of primary amides is 1. The van der Waals surface area contributed by atoms with Gasteiger partial charge in [0.05, 0.1) is 19.9 Å². The van der Waals surface area contributed by atoms with Crippen LogP contribution in [-0.4, -0.2) is 39.6 Å². The van der Waals surface area contributed by atoms with Gasteiger partial charge in [-0.3, -0.25) is 4.79 Å². The highest BCUT2D eigenvalue weighted by Gasteiger charge is 2.21. The van der Waals surface area contributed by atoms with Crippen LogP contribution in [0, 0.1) is 6.92 Å². The van der Waals surface area contributed by atoms with E-state index in [4.69, 9.17) is 19.6 Å². The molecule has 29 heavy (non-hydrogen) atoms. The normalized spacial score (nSPS) is 11.0. The van der Waals surface area contributed by atoms with E-state index in [1.54, 1.807) is 37.3 Å². The second-order valence-electron chi connectivity index (χ2n) is 6.17. The first-order chi connectivity index (χ1) is 13.9. The van der Waals surface area contributed by atoms with Crippen molar-refractivity contribution >= 4 is 17.1 Å². The van der Waals surface area contributed by atoms with Gasteiger partial charge in [-0.2, -0.15) is 0 Å². The predicted octanol–water partition coefficient (Wildman–Crippen LogP) is 1.79. The standard InChI is InChI=1S/C19H17N5O5/c1-9-4-6-12(29-9)17-21-14(16(20)25)15-18(23-17)24(19(26)22-15)10-5-7-11(27-2)13(8-10)28-3/h4-8H,1-3H3,(H2,20,25)(H,22,26). The zero-order valence-corrected chi connectivity index (χ0v) is 15.8. The third kappa shape index (κ3) is 3.00. The third-order valence-electron chi connectivity index (χ3n) is 4.36. The summed E-state index contributed by atoms with van der Waals surface area (Å²) in [6.07, 6.45) is 0. The van der Waals surface area contributed by atoms with E-state index in [9.17, 15) is 9.59 Å². The number of fused-ring (bicyclic) bond motifs is 1. The Morgan fingerprint density at radius 3 is 2.52 bits per heavy atom. The summed E-state index contributed by atoms with van der Waals surface area (Å²) in [4.78, 5) is 35.9. The van der Waals surface area contributed by atoms with Crippen molar-refractivity contribution in [1.82, 2.24) is 19.5 Å². The van der Waals surface area contributed by atoms with Crippen molar-refractivity contribution in [1.29, 1.82) is 0 Å². The zero-order valence-electron chi connectivity index (χ0n) is 15.8. The van der Waals surface area contributed by atoms with E-state index in [0.29, 0.717) is 28.7 Å². The number of aromatic nitrogens is 4. The topological polar surface area (TPSA) is 138 Å². The van der Waals surface area contributed by atoms with Gasteiger partial charge in [0.2, 0.25) is 0 Å². The molecule has 10 nitrogen and oxygen atoms in total. The van der Waals surface area contributed by atoms with Crippen LogP contribution in [-0.2, 0) is 0 Å². The Bertz CT molecular complexity index is 1300. The van der Waals surface area contributed by atoms with E-state index in [1.807, 2.05) is 0 Å². The van der Waals surface area contributed by atoms with Crippen LogP contribution in [0.3, 0.4) is 0 Å². The van der Waals surface area contributed by atoms with E-state index < -0.39 is 11.6 Å². The molecule has 0 aliphatic rings. The Morgan fingerprint density at radius 2 is 1.90 bits per heavy atom. The molecule has 0 saturated heterocycles. The van der Waals surface area contributed by atoms with E-state index >= 15 is 0 Å². The smallest absolute Gasteiger partial charge is 0.332 e. The maximum atomic E-state index is 12.7. The molecular weight excluding hydrogens is 378 g/mol. The highest BCUT2D eigenvalue weighted by atomic mass is 16.5. The van der Waals surface area contributed by atoms with Crippen LogP contribution in [0.5, 0.6) is 11.5 Å². The second kappa shape index (κ2) is 6.82. The van der Waals surface area contributed by atoms with E-state index in [0.717, 1.165) is 0 Å². The molecule has 4 rings (SSSR count). The predicted molar refractivity (Wildman–Crippen MR) is 104 cm³/mol. The van der Waals surface area contributed by atoms with Gasteiger partial charge < -0.3 is 24.6 Å². The van der Waals surface area contributed by atoms with Gasteiger partial charge in [-0.25, -0.2) is 19.3 Å². The first-order valence-electron chi connectivity index (χ1n) is 8.54. The number of rotatable bonds is 5. The molecule has 0 unspecified atom stereocenters. The number of amides is 1. The quantitative estimate of drug-likeness (QED) is 0.525. The second-order valence-corrected chi connectivity index (χ2v) is 6.17. The van der Waals surface area contributed by atoms with Crippen LogP contribution in [0.4, 0.5) is 0 Å². The Balaban J connectivity index is 2.03. The summed E-state index contributed by atoms with van der Waals surface area (Å²) in [6.45, 7) is 1.77. The van der Waals surface area contributed by atoms with Crippen molar-refractivity contribution in [2.45, 2.75) is 6.92 Å². The van der Waals surface area contributed by atoms with Gasteiger partial charge in [0.25, 0.3) is 5.91 Å². The van der Waals surface area contributed by atoms with Gasteiger partial charge >= 0.3 is 5.69 Å². The maximum absolute atomic E-state index is 12.7. The number of aryl methyl sites for hydroxylation is 1. The van der Waals surface area contributed by atoms with Gasteiger partial charge in [0.1, 0.15) is 11.3 Å². The van der Waals surface area contributed by atoms with Crippen molar-refractivity contribution in [3.05, 3.63) is 52.3 Å². The average Bonchev–Trinajstić information content (AvgIpc) is 3.28. The number of ether oxygens (including phenoxy) is 2. The van der Waals surface area contributed by atoms with Crippen molar-refractivity contribution < 1.29 is 18.7 Å². The first-order valence-corrected chi connectivity index (χ1v) is 8.54. The summed E-state index contributed by atoms with van der Waals surface area (Å²) < 4.78 is 17.4. The lowest BCUT2D eigenvalue weighted by Gasteiger charge is -2.10. The number of carbonyl (C=O) groups is 1. The minimum atomic E-state index is -0.803. The van der Waals surface area contributed by atoms with Crippen molar-refractivity contribution in [3.63, 3.8) is 0 Å². The molecule has 0 aliphatic heterocycles. The molecular formula is C19H17N5O5. The molecule has 3 heterocycles. The number of nitrogens with two attached hydrogens (primary N) is 1. The highest BCUT2D eigenvalue weighted by Crippen LogP contribution is 2.30. The van der Waals surface area contributed by atoms with E-state index in [1.165, 1.54) is 18.8 Å². The first kappa shape index (κ1) is 18.3. The fourth-order valence-corrected chi connectivity index (χ4v) is 3.03. The van der Waals surface area contributed by atoms with Crippen molar-refractivity contribution in [3.8, 4) is 28.8 Å². The van der Waals surface area contributed by atoms with Crippen LogP contribution in [0.25, 0.3) is 28.4 Å². The van der Waals surface area contributed by atoms with Gasteiger partial charge in [-0.15, -0.1) is 0 Å². The van der Waals surface area contributed by atoms with Gasteiger partial charge in [0.15, 0.2) is 34.4 Å². The number of nitrogens with zero attached hydrogens (tertiary/aromatic N) is 3. The molecule has 1 amide bonds. The molecule has 3 N–H and O–H groups in total. The number of furan rings is 1. The summed E-state index contributed by atoms with van der Waals surface area (Å²) in [7, 11) is 3.00. The number of benzene rings is 1. The van der Waals surface area contributed by atoms with E-state index in [-0.39, 0.29) is 22.7 Å². The lowest BCUT2D eigenvalue weighted by molar-refractivity contribution is 0.0997. The molecule has 1 aromatic carbocycles. The molecule has 0 saturated carbocycles. The number of hydrogen-bond acceptors (Lipinski definition) is 7. The lowest BCUT2D eigenvalue weighted by atomic mass is 10.2. The number of aromatic amines is 1. The summed E-state index contributed by atoms with van der Waals surface area (Å²) in [5, 5.41) is 0. The molecule has 0 spiro atoms. The molecule has 0 aliphatic carbocycles. The van der Waals surface area contributed by atoms with Crippen molar-refractivity contribution in [2.75, 3.05) is 14.2 Å². The molecule has 148 valence electrons. The number of nitrogens with one attached hydrogen (secondary N) is 1. The maximum Gasteiger partial charge on any atom is 0.332 e. The molecule has 4 aromatic rings. The third-order valence-corrected chi connectivity index (χ3v) is 4.36. The van der Waals surface area contributed by atoms with Gasteiger partial charge in [0, 0.05) is 6.07 Å². The monoisotopic (exact) mass is 395 g/mol. The average molecular weight is 395 g/mol. The highest BCUT2D eigenvalue weighted by molar-refractivity contribution is 6.02. The minimum Gasteiger partial charge on any atom is -0.493 e. The van der Waals surface area contributed by atoms with Gasteiger partial charge in [-0.1, -0.05) is 0 Å². The number of imidazole rings is 1. The molecule has 0 atom stereocenters. The Labute approximate surface area is 163 Å². The fourth-order valence-electron chi connectivity index (χ4n) is 3.03. The summed E-state index contributed by atoms with van der Waals surface area (Å²) in [5.74, 6) is 1.26. The number of H-pyrrole nitrogens is 1. The number of methoxy groups -OCH3 is 2. The zero-order chi connectivity index (χ0) is 20.7. The van der Waals surface area contributed by atoms with Crippen LogP contribution in [0.15, 0.2) is 39.5 Å². The molecule has 3 aromatic heterocycles. The Morgan fingerprint density at radius 1 is 1.14 bits per heavy atom. The molecule has 10 heteroatoms. The number of carbonyl (C=O) groups excluding carboxylic acids is 1. The van der Waals surface area contributed by atoms with Crippen LogP contribution in [0.2, 0.25) is 0 Å². The van der Waals surface area contributed by atoms with Crippen molar-refractivity contribution in [2.24, 2.45) is 5.73 Å². The van der Waals surface area contributed by atoms with Crippen LogP contribution >= 0.6 is 0 Å². The van der Waals surface area contributed by atoms with Gasteiger partial charge in [-0.05, 0) is 31.2 Å². The fraction of sp³-hybridized carbons (Fsp3) is 0.158. The Hall–Kier alpha value is -4.08. The minimum absolute atomic E-state index is 0.115. The van der Waals surface area contributed by atoms with E-state index in [2.05, 4.69) is 15.0 Å². The summed E-state index contributed by atoms with van der Waals surface area (Å²) >= 11 is 0.